The standard InChI is InChI=1S/C18H20N2O2/c1-13-7-16(12-21)9-17(8-13)18(22)20-11-15-5-3-14(4-6-15)10-19-2/h3-9,12,19H,10-11H2,1-2H3,(H,20,22). The van der Waals surface area contributed by atoms with Gasteiger partial charge in [0.15, 0.2) is 0 Å². The molecule has 0 aromatic heterocycles. The maximum Gasteiger partial charge on any atom is 0.251 e. The molecule has 114 valence electrons. The van der Waals surface area contributed by atoms with Crippen molar-refractivity contribution >= 4 is 12.2 Å². The molecular formula is C18H20N2O2. The third kappa shape index (κ3) is 4.27. The van der Waals surface area contributed by atoms with Gasteiger partial charge in [-0.15, -0.1) is 0 Å². The number of amides is 1. The SMILES string of the molecule is CNCc1ccc(CNC(=O)c2cc(C)cc(C=O)c2)cc1. The molecule has 0 heterocycles. The molecule has 2 N–H and O–H groups in total. The lowest BCUT2D eigenvalue weighted by Crippen LogP contribution is -2.23. The van der Waals surface area contributed by atoms with Gasteiger partial charge in [-0.2, -0.15) is 0 Å². The number of rotatable bonds is 6. The summed E-state index contributed by atoms with van der Waals surface area (Å²) in [4.78, 5) is 23.0. The molecule has 2 aromatic rings. The minimum atomic E-state index is -0.175. The zero-order chi connectivity index (χ0) is 15.9. The Kier molecular flexibility index (Phi) is 5.44. The highest BCUT2D eigenvalue weighted by atomic mass is 16.1. The Morgan fingerprint density at radius 3 is 2.27 bits per heavy atom. The average Bonchev–Trinajstić information content (AvgIpc) is 2.53. The number of aldehydes is 1. The second-order valence-corrected chi connectivity index (χ2v) is 5.28. The topological polar surface area (TPSA) is 58.2 Å². The Morgan fingerprint density at radius 2 is 1.68 bits per heavy atom. The largest absolute Gasteiger partial charge is 0.348 e. The number of carbonyl (C=O) groups excluding carboxylic acids is 2. The maximum absolute atomic E-state index is 12.2. The van der Waals surface area contributed by atoms with Gasteiger partial charge in [-0.05, 0) is 48.9 Å². The maximum atomic E-state index is 12.2. The lowest BCUT2D eigenvalue weighted by atomic mass is 10.1. The summed E-state index contributed by atoms with van der Waals surface area (Å²) in [5.74, 6) is -0.175. The molecule has 2 rings (SSSR count). The van der Waals surface area contributed by atoms with Gasteiger partial charge in [0.1, 0.15) is 6.29 Å². The van der Waals surface area contributed by atoms with Crippen molar-refractivity contribution in [2.45, 2.75) is 20.0 Å². The second-order valence-electron chi connectivity index (χ2n) is 5.28. The van der Waals surface area contributed by atoms with Gasteiger partial charge in [-0.1, -0.05) is 24.3 Å². The third-order valence-corrected chi connectivity index (χ3v) is 3.35. The summed E-state index contributed by atoms with van der Waals surface area (Å²) in [5, 5.41) is 5.97. The molecule has 0 aliphatic carbocycles. The van der Waals surface area contributed by atoms with E-state index in [4.69, 9.17) is 0 Å². The lowest BCUT2D eigenvalue weighted by molar-refractivity contribution is 0.0951. The van der Waals surface area contributed by atoms with Crippen molar-refractivity contribution in [2.75, 3.05) is 7.05 Å². The van der Waals surface area contributed by atoms with Crippen molar-refractivity contribution in [1.82, 2.24) is 10.6 Å². The van der Waals surface area contributed by atoms with Gasteiger partial charge < -0.3 is 10.6 Å². The first-order chi connectivity index (χ1) is 10.6. The summed E-state index contributed by atoms with van der Waals surface area (Å²) in [7, 11) is 1.91. The van der Waals surface area contributed by atoms with E-state index in [2.05, 4.69) is 10.6 Å². The van der Waals surface area contributed by atoms with E-state index < -0.39 is 0 Å². The van der Waals surface area contributed by atoms with E-state index in [9.17, 15) is 9.59 Å². The zero-order valence-corrected chi connectivity index (χ0v) is 12.8. The molecule has 0 saturated heterocycles. The molecule has 22 heavy (non-hydrogen) atoms. The number of hydrogen-bond acceptors (Lipinski definition) is 3. The molecule has 0 unspecified atom stereocenters. The monoisotopic (exact) mass is 296 g/mol. The highest BCUT2D eigenvalue weighted by molar-refractivity contribution is 5.96. The van der Waals surface area contributed by atoms with Crippen molar-refractivity contribution < 1.29 is 9.59 Å². The molecule has 4 heteroatoms. The van der Waals surface area contributed by atoms with Crippen LogP contribution in [0.3, 0.4) is 0 Å². The van der Waals surface area contributed by atoms with Crippen LogP contribution in [0.25, 0.3) is 0 Å². The minimum Gasteiger partial charge on any atom is -0.348 e. The van der Waals surface area contributed by atoms with Gasteiger partial charge in [-0.3, -0.25) is 9.59 Å². The molecule has 0 spiro atoms. The van der Waals surface area contributed by atoms with Crippen molar-refractivity contribution in [2.24, 2.45) is 0 Å². The molecule has 0 radical (unpaired) electrons. The van der Waals surface area contributed by atoms with Crippen molar-refractivity contribution in [3.05, 3.63) is 70.3 Å². The second kappa shape index (κ2) is 7.52. The molecule has 0 saturated carbocycles. The van der Waals surface area contributed by atoms with E-state index in [-0.39, 0.29) is 5.91 Å². The Bertz CT molecular complexity index is 663. The summed E-state index contributed by atoms with van der Waals surface area (Å²) in [6, 6.07) is 13.2. The molecule has 4 nitrogen and oxygen atoms in total. The van der Waals surface area contributed by atoms with Crippen LogP contribution in [0.4, 0.5) is 0 Å². The Balaban J connectivity index is 2.00. The molecule has 2 aromatic carbocycles. The Morgan fingerprint density at radius 1 is 1.05 bits per heavy atom. The quantitative estimate of drug-likeness (QED) is 0.805. The molecule has 1 amide bonds. The van der Waals surface area contributed by atoms with Gasteiger partial charge in [0, 0.05) is 24.2 Å². The van der Waals surface area contributed by atoms with E-state index in [1.807, 2.05) is 38.2 Å². The van der Waals surface area contributed by atoms with Crippen LogP contribution in [-0.2, 0) is 13.1 Å². The summed E-state index contributed by atoms with van der Waals surface area (Å²) < 4.78 is 0. The summed E-state index contributed by atoms with van der Waals surface area (Å²) in [6.07, 6.45) is 0.754. The van der Waals surface area contributed by atoms with Gasteiger partial charge >= 0.3 is 0 Å². The van der Waals surface area contributed by atoms with Crippen LogP contribution in [0.15, 0.2) is 42.5 Å². The van der Waals surface area contributed by atoms with Crippen LogP contribution in [0.1, 0.15) is 37.4 Å². The molecule has 0 fully saturated rings. The molecule has 0 aliphatic rings. The fraction of sp³-hybridized carbons (Fsp3) is 0.222. The van der Waals surface area contributed by atoms with E-state index in [0.29, 0.717) is 17.7 Å². The van der Waals surface area contributed by atoms with E-state index in [0.717, 1.165) is 24.0 Å². The first-order valence-corrected chi connectivity index (χ1v) is 7.20. The number of carbonyl (C=O) groups is 2. The number of aryl methyl sites for hydroxylation is 1. The Labute approximate surface area is 130 Å². The molecule has 0 atom stereocenters. The van der Waals surface area contributed by atoms with Gasteiger partial charge in [0.25, 0.3) is 5.91 Å². The summed E-state index contributed by atoms with van der Waals surface area (Å²) in [5.41, 5.74) is 4.16. The lowest BCUT2D eigenvalue weighted by Gasteiger charge is -2.08. The first kappa shape index (κ1) is 15.9. The fourth-order valence-electron chi connectivity index (χ4n) is 2.28. The third-order valence-electron chi connectivity index (χ3n) is 3.35. The van der Waals surface area contributed by atoms with Crippen molar-refractivity contribution in [3.8, 4) is 0 Å². The normalized spacial score (nSPS) is 10.3. The predicted octanol–water partition coefficient (Wildman–Crippen LogP) is 2.46. The number of benzene rings is 2. The van der Waals surface area contributed by atoms with E-state index >= 15 is 0 Å². The highest BCUT2D eigenvalue weighted by Gasteiger charge is 2.07. The van der Waals surface area contributed by atoms with Crippen LogP contribution in [0.2, 0.25) is 0 Å². The Hall–Kier alpha value is -2.46. The first-order valence-electron chi connectivity index (χ1n) is 7.20. The van der Waals surface area contributed by atoms with Crippen LogP contribution < -0.4 is 10.6 Å². The number of nitrogens with one attached hydrogen (secondary N) is 2. The molecular weight excluding hydrogens is 276 g/mol. The molecule has 0 aliphatic heterocycles. The van der Waals surface area contributed by atoms with Crippen LogP contribution in [-0.4, -0.2) is 19.2 Å². The average molecular weight is 296 g/mol. The fourth-order valence-corrected chi connectivity index (χ4v) is 2.28. The number of hydrogen-bond donors (Lipinski definition) is 2. The zero-order valence-electron chi connectivity index (χ0n) is 12.8. The molecule has 0 bridgehead atoms. The van der Waals surface area contributed by atoms with E-state index in [1.54, 1.807) is 18.2 Å². The van der Waals surface area contributed by atoms with Crippen LogP contribution in [0, 0.1) is 6.92 Å². The van der Waals surface area contributed by atoms with Gasteiger partial charge in [0.05, 0.1) is 0 Å². The van der Waals surface area contributed by atoms with Gasteiger partial charge in [-0.25, -0.2) is 0 Å². The predicted molar refractivity (Wildman–Crippen MR) is 86.9 cm³/mol. The summed E-state index contributed by atoms with van der Waals surface area (Å²) >= 11 is 0. The van der Waals surface area contributed by atoms with E-state index in [1.165, 1.54) is 5.56 Å². The minimum absolute atomic E-state index is 0.175. The van der Waals surface area contributed by atoms with Crippen molar-refractivity contribution in [3.63, 3.8) is 0 Å². The summed E-state index contributed by atoms with van der Waals surface area (Å²) in [6.45, 7) is 3.15. The highest BCUT2D eigenvalue weighted by Crippen LogP contribution is 2.09. The van der Waals surface area contributed by atoms with Crippen molar-refractivity contribution in [1.29, 1.82) is 0 Å². The van der Waals surface area contributed by atoms with Crippen LogP contribution >= 0.6 is 0 Å². The van der Waals surface area contributed by atoms with Crippen LogP contribution in [0.5, 0.6) is 0 Å². The van der Waals surface area contributed by atoms with Gasteiger partial charge in [0.2, 0.25) is 0 Å². The smallest absolute Gasteiger partial charge is 0.251 e.